The number of aryl methyl sites for hydroxylation is 2. The van der Waals surface area contributed by atoms with Crippen molar-refractivity contribution in [3.05, 3.63) is 29.7 Å². The second-order valence-corrected chi connectivity index (χ2v) is 2.85. The van der Waals surface area contributed by atoms with Crippen LogP contribution < -0.4 is 0 Å². The van der Waals surface area contributed by atoms with E-state index in [9.17, 15) is 0 Å². The molecular weight excluding hydrogens is 136 g/mol. The Morgan fingerprint density at radius 3 is 2.73 bits per heavy atom. The summed E-state index contributed by atoms with van der Waals surface area (Å²) in [5.41, 5.74) is 3.67. The molecule has 1 N–H and O–H groups in total. The molecule has 0 fully saturated rings. The highest BCUT2D eigenvalue weighted by molar-refractivity contribution is 5.84. The van der Waals surface area contributed by atoms with Crippen LogP contribution in [0.1, 0.15) is 11.1 Å². The molecule has 2 nitrogen and oxygen atoms in total. The zero-order valence-corrected chi connectivity index (χ0v) is 6.68. The van der Waals surface area contributed by atoms with E-state index in [2.05, 4.69) is 23.8 Å². The van der Waals surface area contributed by atoms with Crippen LogP contribution in [-0.4, -0.2) is 9.97 Å². The molecule has 56 valence electrons. The average Bonchev–Trinajstić information content (AvgIpc) is 2.35. The van der Waals surface area contributed by atoms with Gasteiger partial charge in [0.15, 0.2) is 0 Å². The molecule has 2 heterocycles. The van der Waals surface area contributed by atoms with Crippen LogP contribution in [0.25, 0.3) is 10.9 Å². The summed E-state index contributed by atoms with van der Waals surface area (Å²) in [5, 5.41) is 1.23. The number of hydrogen-bond acceptors (Lipinski definition) is 1. The number of aromatic nitrogens is 2. The normalized spacial score (nSPS) is 10.7. The highest BCUT2D eigenvalue weighted by atomic mass is 14.7. The fraction of sp³-hybridized carbons (Fsp3) is 0.222. The molecule has 0 bridgehead atoms. The maximum absolute atomic E-state index is 4.13. The van der Waals surface area contributed by atoms with Crippen molar-refractivity contribution in [1.29, 1.82) is 0 Å². The molecule has 2 aromatic rings. The van der Waals surface area contributed by atoms with Gasteiger partial charge < -0.3 is 4.98 Å². The molecule has 0 unspecified atom stereocenters. The minimum Gasteiger partial charge on any atom is -0.361 e. The fourth-order valence-corrected chi connectivity index (χ4v) is 1.31. The van der Waals surface area contributed by atoms with Gasteiger partial charge in [-0.25, -0.2) is 0 Å². The zero-order valence-electron chi connectivity index (χ0n) is 6.68. The minimum absolute atomic E-state index is 1.20. The van der Waals surface area contributed by atoms with Gasteiger partial charge in [-0.1, -0.05) is 0 Å². The fourth-order valence-electron chi connectivity index (χ4n) is 1.31. The third kappa shape index (κ3) is 0.827. The topological polar surface area (TPSA) is 28.7 Å². The van der Waals surface area contributed by atoms with Gasteiger partial charge in [-0.3, -0.25) is 4.98 Å². The predicted molar refractivity (Wildman–Crippen MR) is 45.6 cm³/mol. The van der Waals surface area contributed by atoms with Crippen molar-refractivity contribution in [3.8, 4) is 0 Å². The monoisotopic (exact) mass is 146 g/mol. The van der Waals surface area contributed by atoms with E-state index >= 15 is 0 Å². The molecule has 2 heteroatoms. The molecule has 2 aromatic heterocycles. The van der Waals surface area contributed by atoms with Gasteiger partial charge in [-0.2, -0.15) is 0 Å². The van der Waals surface area contributed by atoms with Crippen molar-refractivity contribution in [2.24, 2.45) is 0 Å². The Bertz CT molecular complexity index is 387. The number of aromatic amines is 1. The van der Waals surface area contributed by atoms with Gasteiger partial charge in [-0.05, 0) is 25.0 Å². The summed E-state index contributed by atoms with van der Waals surface area (Å²) in [5.74, 6) is 0. The molecule has 11 heavy (non-hydrogen) atoms. The summed E-state index contributed by atoms with van der Waals surface area (Å²) < 4.78 is 0. The van der Waals surface area contributed by atoms with Crippen LogP contribution in [0.15, 0.2) is 18.6 Å². The molecule has 0 aliphatic heterocycles. The maximum atomic E-state index is 4.13. The molecule has 0 aliphatic rings. The van der Waals surface area contributed by atoms with E-state index in [0.717, 1.165) is 0 Å². The van der Waals surface area contributed by atoms with E-state index < -0.39 is 0 Å². The molecule has 0 atom stereocenters. The third-order valence-corrected chi connectivity index (χ3v) is 1.99. The molecule has 0 spiro atoms. The van der Waals surface area contributed by atoms with Gasteiger partial charge in [0.05, 0.1) is 5.52 Å². The minimum atomic E-state index is 1.20. The number of nitrogens with one attached hydrogen (secondary N) is 1. The first kappa shape index (κ1) is 6.40. The Labute approximate surface area is 65.3 Å². The van der Waals surface area contributed by atoms with E-state index in [0.29, 0.717) is 0 Å². The van der Waals surface area contributed by atoms with Crippen molar-refractivity contribution in [2.45, 2.75) is 13.8 Å². The zero-order chi connectivity index (χ0) is 7.84. The van der Waals surface area contributed by atoms with Gasteiger partial charge in [0.25, 0.3) is 0 Å². The quantitative estimate of drug-likeness (QED) is 0.606. The molecule has 0 radical (unpaired) electrons. The van der Waals surface area contributed by atoms with Crippen molar-refractivity contribution in [1.82, 2.24) is 9.97 Å². The second-order valence-electron chi connectivity index (χ2n) is 2.85. The summed E-state index contributed by atoms with van der Waals surface area (Å²) in [7, 11) is 0. The lowest BCUT2D eigenvalue weighted by atomic mass is 10.2. The van der Waals surface area contributed by atoms with Crippen molar-refractivity contribution >= 4 is 10.9 Å². The van der Waals surface area contributed by atoms with Crippen molar-refractivity contribution in [2.75, 3.05) is 0 Å². The largest absolute Gasteiger partial charge is 0.361 e. The van der Waals surface area contributed by atoms with Crippen LogP contribution >= 0.6 is 0 Å². The lowest BCUT2D eigenvalue weighted by molar-refractivity contribution is 1.29. The number of rotatable bonds is 0. The van der Waals surface area contributed by atoms with E-state index in [1.165, 1.54) is 22.0 Å². The summed E-state index contributed by atoms with van der Waals surface area (Å²) in [6.07, 6.45) is 5.78. The highest BCUT2D eigenvalue weighted by Crippen LogP contribution is 2.18. The number of H-pyrrole nitrogens is 1. The summed E-state index contributed by atoms with van der Waals surface area (Å²) in [6.45, 7) is 4.14. The number of hydrogen-bond donors (Lipinski definition) is 1. The summed E-state index contributed by atoms with van der Waals surface area (Å²) in [4.78, 5) is 7.34. The van der Waals surface area contributed by atoms with Crippen LogP contribution in [0.3, 0.4) is 0 Å². The van der Waals surface area contributed by atoms with Crippen LogP contribution in [0.4, 0.5) is 0 Å². The smallest absolute Gasteiger partial charge is 0.0517 e. The molecular formula is C9H10N2. The van der Waals surface area contributed by atoms with Crippen LogP contribution in [0.2, 0.25) is 0 Å². The predicted octanol–water partition coefficient (Wildman–Crippen LogP) is 2.18. The Morgan fingerprint density at radius 2 is 2.00 bits per heavy atom. The van der Waals surface area contributed by atoms with E-state index in [1.54, 1.807) is 0 Å². The first-order valence-electron chi connectivity index (χ1n) is 3.67. The van der Waals surface area contributed by atoms with Gasteiger partial charge in [0.2, 0.25) is 0 Å². The second kappa shape index (κ2) is 2.09. The van der Waals surface area contributed by atoms with E-state index in [-0.39, 0.29) is 0 Å². The maximum Gasteiger partial charge on any atom is 0.0517 e. The number of fused-ring (bicyclic) bond motifs is 1. The summed E-state index contributed by atoms with van der Waals surface area (Å²) >= 11 is 0. The van der Waals surface area contributed by atoms with Crippen LogP contribution in [-0.2, 0) is 0 Å². The highest BCUT2D eigenvalue weighted by Gasteiger charge is 2.00. The first-order chi connectivity index (χ1) is 5.29. The summed E-state index contributed by atoms with van der Waals surface area (Å²) in [6, 6.07) is 0. The lowest BCUT2D eigenvalue weighted by Gasteiger charge is -1.93. The van der Waals surface area contributed by atoms with Crippen molar-refractivity contribution < 1.29 is 0 Å². The molecule has 0 saturated carbocycles. The van der Waals surface area contributed by atoms with Gasteiger partial charge in [0.1, 0.15) is 0 Å². The third-order valence-electron chi connectivity index (χ3n) is 1.99. The van der Waals surface area contributed by atoms with Crippen LogP contribution in [0, 0.1) is 13.8 Å². The SMILES string of the molecule is Cc1c[nH]c2c(C)cncc12. The average molecular weight is 146 g/mol. The number of pyridine rings is 1. The Balaban J connectivity index is 2.94. The Kier molecular flexibility index (Phi) is 1.22. The molecule has 0 amide bonds. The Hall–Kier alpha value is -1.31. The van der Waals surface area contributed by atoms with Gasteiger partial charge >= 0.3 is 0 Å². The van der Waals surface area contributed by atoms with E-state index in [1.807, 2.05) is 18.6 Å². The van der Waals surface area contributed by atoms with Crippen molar-refractivity contribution in [3.63, 3.8) is 0 Å². The van der Waals surface area contributed by atoms with Gasteiger partial charge in [0, 0.05) is 24.0 Å². The standard InChI is InChI=1S/C9H10N2/c1-6-4-11-9-7(2)3-10-5-8(6)9/h3-5,11H,1-2H3. The van der Waals surface area contributed by atoms with Gasteiger partial charge in [-0.15, -0.1) is 0 Å². The molecule has 2 rings (SSSR count). The molecule has 0 aromatic carbocycles. The molecule has 0 saturated heterocycles. The lowest BCUT2D eigenvalue weighted by Crippen LogP contribution is -1.78. The van der Waals surface area contributed by atoms with E-state index in [4.69, 9.17) is 0 Å². The first-order valence-corrected chi connectivity index (χ1v) is 3.67. The Morgan fingerprint density at radius 1 is 1.18 bits per heavy atom. The molecule has 0 aliphatic carbocycles. The number of nitrogens with zero attached hydrogens (tertiary/aromatic N) is 1. The van der Waals surface area contributed by atoms with Crippen LogP contribution in [0.5, 0.6) is 0 Å².